The van der Waals surface area contributed by atoms with E-state index in [0.717, 1.165) is 11.1 Å². The lowest BCUT2D eigenvalue weighted by Crippen LogP contribution is -2.32. The number of rotatable bonds is 6. The minimum atomic E-state index is -1.28. The number of benzene rings is 4. The number of nitrogens with one attached hydrogen (secondary N) is 2. The molecular formula is C27H22Cl2N2OS. The molecule has 0 unspecified atom stereocenters. The van der Waals surface area contributed by atoms with Gasteiger partial charge in [0, 0.05) is 22.7 Å². The SMILES string of the molecule is O[C@](Cc1ccccc1)(c1ccccc1)c1ccccc1NC(=S)Nc1cc(Cl)ccc1Cl. The van der Waals surface area contributed by atoms with Crippen molar-refractivity contribution >= 4 is 51.9 Å². The number of halogens is 2. The Morgan fingerprint density at radius 2 is 1.36 bits per heavy atom. The average molecular weight is 493 g/mol. The van der Waals surface area contributed by atoms with Crippen molar-refractivity contribution in [1.29, 1.82) is 0 Å². The summed E-state index contributed by atoms with van der Waals surface area (Å²) in [5.74, 6) is 0. The highest BCUT2D eigenvalue weighted by Crippen LogP contribution is 2.37. The lowest BCUT2D eigenvalue weighted by molar-refractivity contribution is 0.0819. The largest absolute Gasteiger partial charge is 0.380 e. The smallest absolute Gasteiger partial charge is 0.175 e. The van der Waals surface area contributed by atoms with Crippen LogP contribution >= 0.6 is 35.4 Å². The van der Waals surface area contributed by atoms with Crippen molar-refractivity contribution in [3.63, 3.8) is 0 Å². The normalized spacial score (nSPS) is 12.6. The molecule has 4 aromatic carbocycles. The molecule has 3 N–H and O–H groups in total. The first kappa shape index (κ1) is 23.3. The van der Waals surface area contributed by atoms with E-state index in [-0.39, 0.29) is 0 Å². The summed E-state index contributed by atoms with van der Waals surface area (Å²) in [7, 11) is 0. The summed E-state index contributed by atoms with van der Waals surface area (Å²) < 4.78 is 0. The lowest BCUT2D eigenvalue weighted by Gasteiger charge is -2.32. The molecule has 0 aliphatic rings. The molecule has 0 radical (unpaired) electrons. The third-order valence-electron chi connectivity index (χ3n) is 5.35. The maximum atomic E-state index is 12.1. The first-order chi connectivity index (χ1) is 16.0. The van der Waals surface area contributed by atoms with Crippen molar-refractivity contribution in [1.82, 2.24) is 0 Å². The molecule has 0 aliphatic carbocycles. The summed E-state index contributed by atoms with van der Waals surface area (Å²) in [4.78, 5) is 0. The minimum absolute atomic E-state index is 0.335. The van der Waals surface area contributed by atoms with Gasteiger partial charge in [-0.05, 0) is 47.6 Å². The van der Waals surface area contributed by atoms with E-state index in [4.69, 9.17) is 35.4 Å². The first-order valence-electron chi connectivity index (χ1n) is 10.4. The Hall–Kier alpha value is -2.89. The summed E-state index contributed by atoms with van der Waals surface area (Å²) in [5, 5.41) is 19.8. The Labute approximate surface area is 209 Å². The zero-order chi connectivity index (χ0) is 23.3. The third kappa shape index (κ3) is 5.55. The van der Waals surface area contributed by atoms with Gasteiger partial charge in [-0.2, -0.15) is 0 Å². The van der Waals surface area contributed by atoms with Gasteiger partial charge in [0.05, 0.1) is 10.7 Å². The Bertz CT molecular complexity index is 1250. The maximum absolute atomic E-state index is 12.1. The Morgan fingerprint density at radius 1 is 0.758 bits per heavy atom. The number of thiocarbonyl (C=S) groups is 1. The van der Waals surface area contributed by atoms with Crippen LogP contribution in [0.2, 0.25) is 10.0 Å². The number of aliphatic hydroxyl groups is 1. The summed E-state index contributed by atoms with van der Waals surface area (Å²) in [6, 6.07) is 32.3. The molecule has 4 aromatic rings. The molecule has 0 saturated carbocycles. The van der Waals surface area contributed by atoms with Crippen LogP contribution in [-0.2, 0) is 12.0 Å². The quantitative estimate of drug-likeness (QED) is 0.247. The fourth-order valence-corrected chi connectivity index (χ4v) is 4.34. The summed E-state index contributed by atoms with van der Waals surface area (Å²) in [6.07, 6.45) is 0.400. The van der Waals surface area contributed by atoms with Crippen molar-refractivity contribution in [2.45, 2.75) is 12.0 Å². The van der Waals surface area contributed by atoms with E-state index in [9.17, 15) is 5.11 Å². The number of hydrogen-bond donors (Lipinski definition) is 3. The van der Waals surface area contributed by atoms with E-state index in [1.165, 1.54) is 0 Å². The van der Waals surface area contributed by atoms with Crippen molar-refractivity contribution in [3.05, 3.63) is 130 Å². The van der Waals surface area contributed by atoms with E-state index >= 15 is 0 Å². The third-order valence-corrected chi connectivity index (χ3v) is 6.12. The molecule has 0 aliphatic heterocycles. The van der Waals surface area contributed by atoms with Gasteiger partial charge in [0.2, 0.25) is 0 Å². The molecule has 0 fully saturated rings. The van der Waals surface area contributed by atoms with Gasteiger partial charge >= 0.3 is 0 Å². The highest BCUT2D eigenvalue weighted by Gasteiger charge is 2.34. The van der Waals surface area contributed by atoms with Gasteiger partial charge in [-0.3, -0.25) is 0 Å². The van der Waals surface area contributed by atoms with Gasteiger partial charge in [-0.25, -0.2) is 0 Å². The number of hydrogen-bond acceptors (Lipinski definition) is 2. The molecule has 33 heavy (non-hydrogen) atoms. The monoisotopic (exact) mass is 492 g/mol. The lowest BCUT2D eigenvalue weighted by atomic mass is 9.80. The van der Waals surface area contributed by atoms with E-state index in [1.807, 2.05) is 84.9 Å². The molecule has 3 nitrogen and oxygen atoms in total. The van der Waals surface area contributed by atoms with Crippen LogP contribution in [0.25, 0.3) is 0 Å². The second-order valence-electron chi connectivity index (χ2n) is 7.64. The maximum Gasteiger partial charge on any atom is 0.175 e. The van der Waals surface area contributed by atoms with Crippen LogP contribution in [0, 0.1) is 0 Å². The van der Waals surface area contributed by atoms with E-state index in [0.29, 0.717) is 38.5 Å². The predicted molar refractivity (Wildman–Crippen MR) is 142 cm³/mol. The second kappa shape index (κ2) is 10.4. The van der Waals surface area contributed by atoms with Crippen LogP contribution in [0.1, 0.15) is 16.7 Å². The number of para-hydroxylation sites is 1. The molecule has 0 bridgehead atoms. The highest BCUT2D eigenvalue weighted by atomic mass is 35.5. The Kier molecular flexibility index (Phi) is 7.31. The van der Waals surface area contributed by atoms with Crippen molar-refractivity contribution in [2.24, 2.45) is 0 Å². The van der Waals surface area contributed by atoms with Gasteiger partial charge in [-0.1, -0.05) is 102 Å². The molecule has 1 atom stereocenters. The first-order valence-corrected chi connectivity index (χ1v) is 11.6. The molecule has 0 spiro atoms. The molecule has 0 heterocycles. The molecular weight excluding hydrogens is 471 g/mol. The van der Waals surface area contributed by atoms with E-state index in [2.05, 4.69) is 10.6 Å². The van der Waals surface area contributed by atoms with Gasteiger partial charge in [0.25, 0.3) is 0 Å². The summed E-state index contributed by atoms with van der Waals surface area (Å²) in [5.41, 5.74) is 2.53. The van der Waals surface area contributed by atoms with Crippen molar-refractivity contribution in [2.75, 3.05) is 10.6 Å². The molecule has 0 amide bonds. The van der Waals surface area contributed by atoms with Crippen LogP contribution in [0.5, 0.6) is 0 Å². The molecule has 0 aromatic heterocycles. The second-order valence-corrected chi connectivity index (χ2v) is 8.89. The summed E-state index contributed by atoms with van der Waals surface area (Å²) in [6.45, 7) is 0. The van der Waals surface area contributed by atoms with Gasteiger partial charge < -0.3 is 15.7 Å². The molecule has 0 saturated heterocycles. The minimum Gasteiger partial charge on any atom is -0.380 e. The molecule has 6 heteroatoms. The molecule has 166 valence electrons. The van der Waals surface area contributed by atoms with Crippen LogP contribution in [0.3, 0.4) is 0 Å². The predicted octanol–water partition coefficient (Wildman–Crippen LogP) is 7.28. The van der Waals surface area contributed by atoms with Crippen LogP contribution in [0.4, 0.5) is 11.4 Å². The Morgan fingerprint density at radius 3 is 2.09 bits per heavy atom. The number of anilines is 2. The van der Waals surface area contributed by atoms with Crippen LogP contribution in [-0.4, -0.2) is 10.2 Å². The fraction of sp³-hybridized carbons (Fsp3) is 0.0741. The van der Waals surface area contributed by atoms with Crippen molar-refractivity contribution < 1.29 is 5.11 Å². The zero-order valence-corrected chi connectivity index (χ0v) is 20.0. The van der Waals surface area contributed by atoms with E-state index in [1.54, 1.807) is 18.2 Å². The topological polar surface area (TPSA) is 44.3 Å². The van der Waals surface area contributed by atoms with E-state index < -0.39 is 5.60 Å². The van der Waals surface area contributed by atoms with Crippen LogP contribution in [0.15, 0.2) is 103 Å². The van der Waals surface area contributed by atoms with Crippen LogP contribution < -0.4 is 10.6 Å². The molecule has 4 rings (SSSR count). The van der Waals surface area contributed by atoms with Gasteiger partial charge in [0.1, 0.15) is 5.60 Å². The summed E-state index contributed by atoms with van der Waals surface area (Å²) >= 11 is 17.9. The standard InChI is InChI=1S/C27H22Cl2N2OS/c28-21-15-16-23(29)25(17-21)31-26(33)30-24-14-8-7-13-22(24)27(32,20-11-5-2-6-12-20)18-19-9-3-1-4-10-19/h1-17,32H,18H2,(H2,30,31,33)/t27-/m1/s1. The van der Waals surface area contributed by atoms with Gasteiger partial charge in [0.15, 0.2) is 5.11 Å². The van der Waals surface area contributed by atoms with Gasteiger partial charge in [-0.15, -0.1) is 0 Å². The average Bonchev–Trinajstić information content (AvgIpc) is 2.83. The Balaban J connectivity index is 1.69. The fourth-order valence-electron chi connectivity index (χ4n) is 3.78. The highest BCUT2D eigenvalue weighted by molar-refractivity contribution is 7.80. The van der Waals surface area contributed by atoms with Crippen molar-refractivity contribution in [3.8, 4) is 0 Å². The zero-order valence-electron chi connectivity index (χ0n) is 17.6.